The maximum absolute atomic E-state index is 14.7. The maximum Gasteiger partial charge on any atom is 0.260 e. The third-order valence-corrected chi connectivity index (χ3v) is 11.2. The molecule has 19 nitrogen and oxygen atoms in total. The van der Waals surface area contributed by atoms with Gasteiger partial charge >= 0.3 is 0 Å². The van der Waals surface area contributed by atoms with E-state index in [0.29, 0.717) is 64.8 Å². The van der Waals surface area contributed by atoms with Gasteiger partial charge in [-0.05, 0) is 80.6 Å². The molecule has 21 heteroatoms. The molecule has 9 rings (SSSR count). The van der Waals surface area contributed by atoms with Gasteiger partial charge in [-0.3, -0.25) is 23.7 Å². The number of halogens is 2. The molecule has 0 bridgehead atoms. The first-order chi connectivity index (χ1) is 34.1. The fourth-order valence-corrected chi connectivity index (χ4v) is 7.61. The Hall–Kier alpha value is -8.72. The molecule has 0 spiro atoms. The summed E-state index contributed by atoms with van der Waals surface area (Å²) in [5.74, 6) is -2.91. The van der Waals surface area contributed by atoms with Gasteiger partial charge in [0.15, 0.2) is 28.4 Å². The molecular weight excluding hydrogens is 903 g/mol. The van der Waals surface area contributed by atoms with Gasteiger partial charge in [0, 0.05) is 18.0 Å². The summed E-state index contributed by atoms with van der Waals surface area (Å²) in [6.45, 7) is 4.33. The van der Waals surface area contributed by atoms with Crippen LogP contribution in [-0.2, 0) is 14.3 Å². The van der Waals surface area contributed by atoms with Crippen molar-refractivity contribution in [2.45, 2.75) is 64.3 Å². The molecule has 1 aliphatic rings. The zero-order valence-corrected chi connectivity index (χ0v) is 37.9. The second-order valence-electron chi connectivity index (χ2n) is 15.8. The summed E-state index contributed by atoms with van der Waals surface area (Å²) < 4.78 is 37.1. The average Bonchev–Trinajstić information content (AvgIpc) is 4.05. The molecule has 1 saturated heterocycles. The molecule has 8 aromatic rings. The number of aromatic nitrogens is 8. The smallest absolute Gasteiger partial charge is 0.260 e. The van der Waals surface area contributed by atoms with Crippen LogP contribution in [0.2, 0.25) is 0 Å². The van der Waals surface area contributed by atoms with E-state index < -0.39 is 47.3 Å². The number of benzene rings is 4. The highest BCUT2D eigenvalue weighted by molar-refractivity contribution is 6.12. The monoisotopic (exact) mass is 950 g/mol. The van der Waals surface area contributed by atoms with E-state index in [1.807, 2.05) is 24.5 Å². The standard InChI is InChI=1S/C27H28FN7O3.C22H20FN7O2/c1-2-19(33-24-23-25(30-15-29-24)35(16-31-23)21-13-6-7-14-38-21)26(36)34-20-12-8-11-18(28)22(20)27(37)32-17-9-4-3-5-10-17;1-2-15(29-20-18-19(25-11-24-18)26-12-27-20)21(31)30-16-10-6-9-14(23)17(16)22(32)28-13-7-4-3-5-8-13/h3-5,8-12,15-16,19,21H,2,6-7,13-14H2,1H3,(H,32,37)(H,34,36)(H,29,30,33);3-12,15H,2H2,1H3,(H,28,32)(H,30,31)(H2,24,25,26,27,29)/t19-,21?;15-/m00/s1. The van der Waals surface area contributed by atoms with Crippen molar-refractivity contribution in [2.75, 3.05) is 38.5 Å². The minimum atomic E-state index is -0.745. The largest absolute Gasteiger partial charge is 0.358 e. The summed E-state index contributed by atoms with van der Waals surface area (Å²) in [6, 6.07) is 24.1. The predicted molar refractivity (Wildman–Crippen MR) is 260 cm³/mol. The van der Waals surface area contributed by atoms with Crippen molar-refractivity contribution in [1.29, 1.82) is 0 Å². The molecule has 3 atom stereocenters. The summed E-state index contributed by atoms with van der Waals surface area (Å²) in [5.41, 5.74) is 2.79. The molecule has 358 valence electrons. The Kier molecular flexibility index (Phi) is 15.3. The Bertz CT molecular complexity index is 3110. The van der Waals surface area contributed by atoms with E-state index in [4.69, 9.17) is 4.74 Å². The number of carbonyl (C=O) groups excluding carboxylic acids is 4. The third-order valence-electron chi connectivity index (χ3n) is 11.2. The first-order valence-corrected chi connectivity index (χ1v) is 22.5. The number of imidazole rings is 2. The van der Waals surface area contributed by atoms with E-state index in [2.05, 4.69) is 66.8 Å². The van der Waals surface area contributed by atoms with E-state index in [0.717, 1.165) is 19.3 Å². The van der Waals surface area contributed by atoms with Gasteiger partial charge in [0.2, 0.25) is 11.8 Å². The highest BCUT2D eigenvalue weighted by Gasteiger charge is 2.26. The highest BCUT2D eigenvalue weighted by Crippen LogP contribution is 2.29. The van der Waals surface area contributed by atoms with Gasteiger partial charge in [0.1, 0.15) is 48.1 Å². The van der Waals surface area contributed by atoms with Crippen molar-refractivity contribution in [1.82, 2.24) is 39.5 Å². The number of rotatable bonds is 15. The lowest BCUT2D eigenvalue weighted by atomic mass is 10.1. The van der Waals surface area contributed by atoms with Gasteiger partial charge in [-0.15, -0.1) is 0 Å². The zero-order chi connectivity index (χ0) is 49.0. The summed E-state index contributed by atoms with van der Waals surface area (Å²) in [7, 11) is 0. The van der Waals surface area contributed by atoms with Gasteiger partial charge < -0.3 is 41.6 Å². The summed E-state index contributed by atoms with van der Waals surface area (Å²) in [6.07, 6.45) is 9.52. The molecule has 7 N–H and O–H groups in total. The number of hydrogen-bond donors (Lipinski definition) is 7. The first kappa shape index (κ1) is 47.8. The Labute approximate surface area is 399 Å². The second-order valence-corrected chi connectivity index (χ2v) is 15.8. The lowest BCUT2D eigenvalue weighted by molar-refractivity contribution is -0.117. The molecule has 5 heterocycles. The van der Waals surface area contributed by atoms with Gasteiger partial charge in [-0.1, -0.05) is 62.4 Å². The number of fused-ring (bicyclic) bond motifs is 2. The number of anilines is 6. The van der Waals surface area contributed by atoms with E-state index in [1.54, 1.807) is 60.9 Å². The molecule has 0 aliphatic carbocycles. The molecule has 0 radical (unpaired) electrons. The average molecular weight is 951 g/mol. The van der Waals surface area contributed by atoms with E-state index in [1.165, 1.54) is 55.4 Å². The number of H-pyrrole nitrogens is 1. The zero-order valence-electron chi connectivity index (χ0n) is 37.9. The van der Waals surface area contributed by atoms with Gasteiger partial charge in [-0.25, -0.2) is 38.7 Å². The van der Waals surface area contributed by atoms with Crippen molar-refractivity contribution in [2.24, 2.45) is 0 Å². The molecule has 1 fully saturated rings. The summed E-state index contributed by atoms with van der Waals surface area (Å²) in [5, 5.41) is 16.9. The first-order valence-electron chi connectivity index (χ1n) is 22.5. The number of nitrogens with zero attached hydrogens (tertiary/aromatic N) is 7. The molecular formula is C49H48F2N14O5. The Balaban J connectivity index is 0.000000191. The molecule has 0 saturated carbocycles. The lowest BCUT2D eigenvalue weighted by Crippen LogP contribution is -2.35. The number of amides is 4. The van der Waals surface area contributed by atoms with Gasteiger partial charge in [0.05, 0.1) is 35.2 Å². The number of para-hydroxylation sites is 2. The van der Waals surface area contributed by atoms with Crippen molar-refractivity contribution in [3.8, 4) is 0 Å². The summed E-state index contributed by atoms with van der Waals surface area (Å²) >= 11 is 0. The number of ether oxygens (including phenoxy) is 1. The second kappa shape index (κ2) is 22.4. The Morgan fingerprint density at radius 3 is 1.77 bits per heavy atom. The molecule has 70 heavy (non-hydrogen) atoms. The number of nitrogens with one attached hydrogen (secondary N) is 7. The van der Waals surface area contributed by atoms with Crippen LogP contribution >= 0.6 is 0 Å². The number of hydrogen-bond acceptors (Lipinski definition) is 13. The van der Waals surface area contributed by atoms with Crippen molar-refractivity contribution in [3.05, 3.63) is 145 Å². The van der Waals surface area contributed by atoms with Crippen molar-refractivity contribution < 1.29 is 32.7 Å². The highest BCUT2D eigenvalue weighted by atomic mass is 19.1. The van der Waals surface area contributed by atoms with Crippen LogP contribution in [0.25, 0.3) is 22.3 Å². The fraction of sp³-hybridized carbons (Fsp3) is 0.224. The van der Waals surface area contributed by atoms with Crippen molar-refractivity contribution >= 4 is 80.3 Å². The summed E-state index contributed by atoms with van der Waals surface area (Å²) in [4.78, 5) is 80.2. The molecule has 1 aliphatic heterocycles. The Morgan fingerprint density at radius 2 is 1.21 bits per heavy atom. The minimum absolute atomic E-state index is 0.0650. The van der Waals surface area contributed by atoms with Crippen molar-refractivity contribution in [3.63, 3.8) is 0 Å². The van der Waals surface area contributed by atoms with E-state index >= 15 is 0 Å². The van der Waals surface area contributed by atoms with Gasteiger partial charge in [-0.2, -0.15) is 0 Å². The number of aromatic amines is 1. The van der Waals surface area contributed by atoms with Crippen LogP contribution in [0.15, 0.2) is 122 Å². The van der Waals surface area contributed by atoms with E-state index in [9.17, 15) is 28.0 Å². The quantitative estimate of drug-likeness (QED) is 0.0512. The molecule has 4 aromatic carbocycles. The van der Waals surface area contributed by atoms with Crippen LogP contribution in [-0.4, -0.2) is 81.8 Å². The van der Waals surface area contributed by atoms with Crippen LogP contribution in [0, 0.1) is 11.6 Å². The maximum atomic E-state index is 14.7. The normalized spacial score (nSPS) is 14.1. The predicted octanol–water partition coefficient (Wildman–Crippen LogP) is 8.32. The van der Waals surface area contributed by atoms with E-state index in [-0.39, 0.29) is 28.7 Å². The third kappa shape index (κ3) is 11.2. The minimum Gasteiger partial charge on any atom is -0.358 e. The Morgan fingerprint density at radius 1 is 0.657 bits per heavy atom. The van der Waals surface area contributed by atoms with Crippen LogP contribution in [0.4, 0.5) is 43.2 Å². The molecule has 1 unspecified atom stereocenters. The van der Waals surface area contributed by atoms with Crippen LogP contribution in [0.5, 0.6) is 0 Å². The topological polar surface area (TPSA) is 248 Å². The lowest BCUT2D eigenvalue weighted by Gasteiger charge is -2.23. The SMILES string of the molecule is CC[C@H](Nc1ncnc2c1ncn2C1CCCCO1)C(=O)Nc1cccc(F)c1C(=O)Nc1ccccc1.CC[C@H](Nc1ncnc2nc[nH]c12)C(=O)Nc1cccc(F)c1C(=O)Nc1ccccc1. The molecule has 4 aromatic heterocycles. The number of carbonyl (C=O) groups is 4. The fourth-order valence-electron chi connectivity index (χ4n) is 7.61. The van der Waals surface area contributed by atoms with Crippen LogP contribution in [0.3, 0.4) is 0 Å². The molecule has 4 amide bonds. The van der Waals surface area contributed by atoms with Crippen LogP contribution < -0.4 is 31.9 Å². The van der Waals surface area contributed by atoms with Gasteiger partial charge in [0.25, 0.3) is 11.8 Å². The van der Waals surface area contributed by atoms with Crippen LogP contribution in [0.1, 0.15) is 72.9 Å².